The fourth-order valence-electron chi connectivity index (χ4n) is 2.49. The van der Waals surface area contributed by atoms with Gasteiger partial charge in [-0.25, -0.2) is 0 Å². The third-order valence-corrected chi connectivity index (χ3v) is 3.68. The molecule has 4 nitrogen and oxygen atoms in total. The van der Waals surface area contributed by atoms with Crippen molar-refractivity contribution in [1.82, 2.24) is 0 Å². The molecule has 3 rings (SSSR count). The van der Waals surface area contributed by atoms with Crippen LogP contribution in [0, 0.1) is 0 Å². The topological polar surface area (TPSA) is 52.6 Å². The molecule has 1 aliphatic carbocycles. The SMILES string of the molecule is COC1=CC(=O)C(=O)C=C1OC(c1ccccc1)c1ccccc1. The molecule has 0 saturated carbocycles. The minimum absolute atomic E-state index is 0.247. The maximum absolute atomic E-state index is 11.7. The standard InChI is InChI=1S/C20H16O4/c1-23-18-12-16(21)17(22)13-19(18)24-20(14-8-4-2-5-9-14)15-10-6-3-7-11-15/h2-13,20H,1H3. The van der Waals surface area contributed by atoms with Gasteiger partial charge in [0.25, 0.3) is 0 Å². The minimum atomic E-state index is -0.620. The van der Waals surface area contributed by atoms with Gasteiger partial charge in [-0.1, -0.05) is 60.7 Å². The van der Waals surface area contributed by atoms with Crippen molar-refractivity contribution in [2.24, 2.45) is 0 Å². The van der Waals surface area contributed by atoms with Crippen molar-refractivity contribution in [3.05, 3.63) is 95.5 Å². The van der Waals surface area contributed by atoms with Crippen LogP contribution in [-0.2, 0) is 19.1 Å². The second kappa shape index (κ2) is 6.96. The Labute approximate surface area is 140 Å². The Balaban J connectivity index is 1.99. The first kappa shape index (κ1) is 15.7. The summed E-state index contributed by atoms with van der Waals surface area (Å²) in [7, 11) is 1.44. The number of hydrogen-bond donors (Lipinski definition) is 0. The summed E-state index contributed by atoms with van der Waals surface area (Å²) in [6.07, 6.45) is 1.92. The van der Waals surface area contributed by atoms with Gasteiger partial charge in [0.05, 0.1) is 7.11 Å². The van der Waals surface area contributed by atoms with Crippen molar-refractivity contribution in [2.45, 2.75) is 6.10 Å². The molecule has 0 radical (unpaired) electrons. The maximum atomic E-state index is 11.7. The van der Waals surface area contributed by atoms with E-state index in [-0.39, 0.29) is 11.5 Å². The van der Waals surface area contributed by atoms with E-state index < -0.39 is 17.7 Å². The van der Waals surface area contributed by atoms with E-state index in [1.54, 1.807) is 0 Å². The van der Waals surface area contributed by atoms with E-state index in [9.17, 15) is 9.59 Å². The van der Waals surface area contributed by atoms with E-state index in [4.69, 9.17) is 9.47 Å². The molecule has 2 aromatic rings. The van der Waals surface area contributed by atoms with Crippen LogP contribution in [0.1, 0.15) is 17.2 Å². The van der Waals surface area contributed by atoms with Crippen LogP contribution >= 0.6 is 0 Å². The molecule has 1 aliphatic rings. The van der Waals surface area contributed by atoms with Crippen LogP contribution in [-0.4, -0.2) is 18.7 Å². The van der Waals surface area contributed by atoms with Crippen LogP contribution in [0.4, 0.5) is 0 Å². The molecule has 0 saturated heterocycles. The number of methoxy groups -OCH3 is 1. The van der Waals surface area contributed by atoms with Crippen molar-refractivity contribution in [2.75, 3.05) is 7.11 Å². The highest BCUT2D eigenvalue weighted by atomic mass is 16.5. The van der Waals surface area contributed by atoms with Gasteiger partial charge < -0.3 is 9.47 Å². The quantitative estimate of drug-likeness (QED) is 0.626. The number of rotatable bonds is 5. The van der Waals surface area contributed by atoms with Gasteiger partial charge in [-0.2, -0.15) is 0 Å². The first-order valence-corrected chi connectivity index (χ1v) is 7.51. The second-order valence-electron chi connectivity index (χ2n) is 5.27. The largest absolute Gasteiger partial charge is 0.493 e. The Bertz CT molecular complexity index is 765. The predicted octanol–water partition coefficient (Wildman–Crippen LogP) is 3.36. The Kier molecular flexibility index (Phi) is 4.57. The second-order valence-corrected chi connectivity index (χ2v) is 5.27. The van der Waals surface area contributed by atoms with Gasteiger partial charge >= 0.3 is 0 Å². The molecular weight excluding hydrogens is 304 g/mol. The first-order chi connectivity index (χ1) is 11.7. The van der Waals surface area contributed by atoms with Crippen molar-refractivity contribution >= 4 is 11.6 Å². The summed E-state index contributed by atoms with van der Waals surface area (Å²) in [6, 6.07) is 19.3. The van der Waals surface area contributed by atoms with Gasteiger partial charge in [0.15, 0.2) is 11.5 Å². The van der Waals surface area contributed by atoms with Crippen LogP contribution in [0.5, 0.6) is 0 Å². The molecule has 0 N–H and O–H groups in total. The molecule has 0 aromatic heterocycles. The summed E-state index contributed by atoms with van der Waals surface area (Å²) in [5.41, 5.74) is 1.87. The number of ether oxygens (including phenoxy) is 2. The monoisotopic (exact) mass is 320 g/mol. The lowest BCUT2D eigenvalue weighted by molar-refractivity contribution is -0.131. The third kappa shape index (κ3) is 3.27. The number of ketones is 2. The first-order valence-electron chi connectivity index (χ1n) is 7.51. The Morgan fingerprint density at radius 3 is 1.62 bits per heavy atom. The molecule has 4 heteroatoms. The molecule has 0 atom stereocenters. The van der Waals surface area contributed by atoms with Crippen LogP contribution in [0.2, 0.25) is 0 Å². The number of hydrogen-bond acceptors (Lipinski definition) is 4. The summed E-state index contributed by atoms with van der Waals surface area (Å²) < 4.78 is 11.3. The van der Waals surface area contributed by atoms with Crippen LogP contribution in [0.25, 0.3) is 0 Å². The average Bonchev–Trinajstić information content (AvgIpc) is 2.63. The lowest BCUT2D eigenvalue weighted by atomic mass is 10.0. The zero-order chi connectivity index (χ0) is 16.9. The van der Waals surface area contributed by atoms with Gasteiger partial charge in [-0.15, -0.1) is 0 Å². The van der Waals surface area contributed by atoms with E-state index in [2.05, 4.69) is 0 Å². The highest BCUT2D eigenvalue weighted by molar-refractivity contribution is 6.46. The summed E-state index contributed by atoms with van der Waals surface area (Å²) in [5, 5.41) is 0. The van der Waals surface area contributed by atoms with E-state index in [1.807, 2.05) is 60.7 Å². The fraction of sp³-hybridized carbons (Fsp3) is 0.100. The zero-order valence-electron chi connectivity index (χ0n) is 13.1. The van der Waals surface area contributed by atoms with E-state index in [1.165, 1.54) is 13.2 Å². The van der Waals surface area contributed by atoms with Crippen LogP contribution in [0.15, 0.2) is 84.3 Å². The Morgan fingerprint density at radius 1 is 0.708 bits per heavy atom. The Hall–Kier alpha value is -3.14. The molecule has 0 bridgehead atoms. The highest BCUT2D eigenvalue weighted by Gasteiger charge is 2.25. The van der Waals surface area contributed by atoms with Crippen molar-refractivity contribution in [3.63, 3.8) is 0 Å². The summed E-state index contributed by atoms with van der Waals surface area (Å²) in [4.78, 5) is 23.2. The van der Waals surface area contributed by atoms with Gasteiger partial charge in [-0.3, -0.25) is 9.59 Å². The third-order valence-electron chi connectivity index (χ3n) is 3.68. The highest BCUT2D eigenvalue weighted by Crippen LogP contribution is 2.31. The predicted molar refractivity (Wildman–Crippen MR) is 89.0 cm³/mol. The number of carbonyl (C=O) groups is 2. The summed E-state index contributed by atoms with van der Waals surface area (Å²) in [5.74, 6) is -0.739. The van der Waals surface area contributed by atoms with Crippen LogP contribution < -0.4 is 0 Å². The van der Waals surface area contributed by atoms with Gasteiger partial charge in [0.1, 0.15) is 6.10 Å². The van der Waals surface area contributed by atoms with Gasteiger partial charge in [-0.05, 0) is 11.1 Å². The molecule has 0 amide bonds. The van der Waals surface area contributed by atoms with Crippen molar-refractivity contribution in [3.8, 4) is 0 Å². The normalized spacial score (nSPS) is 14.2. The molecule has 0 fully saturated rings. The fourth-order valence-corrected chi connectivity index (χ4v) is 2.49. The van der Waals surface area contributed by atoms with Crippen molar-refractivity contribution < 1.29 is 19.1 Å². The van der Waals surface area contributed by atoms with E-state index >= 15 is 0 Å². The number of allylic oxidation sites excluding steroid dienone is 2. The maximum Gasteiger partial charge on any atom is 0.229 e. The van der Waals surface area contributed by atoms with Crippen molar-refractivity contribution in [1.29, 1.82) is 0 Å². The zero-order valence-corrected chi connectivity index (χ0v) is 13.1. The molecule has 0 spiro atoms. The van der Waals surface area contributed by atoms with E-state index in [0.29, 0.717) is 0 Å². The summed E-state index contributed by atoms with van der Waals surface area (Å²) in [6.45, 7) is 0. The lowest BCUT2D eigenvalue weighted by Gasteiger charge is -2.23. The van der Waals surface area contributed by atoms with Gasteiger partial charge in [0.2, 0.25) is 11.6 Å². The molecule has 0 aliphatic heterocycles. The van der Waals surface area contributed by atoms with Gasteiger partial charge in [0, 0.05) is 12.2 Å². The Morgan fingerprint density at radius 2 is 1.17 bits per heavy atom. The average molecular weight is 320 g/mol. The molecular formula is C20H16O4. The minimum Gasteiger partial charge on any atom is -0.493 e. The molecule has 2 aromatic carbocycles. The smallest absolute Gasteiger partial charge is 0.229 e. The number of benzene rings is 2. The molecule has 0 heterocycles. The van der Waals surface area contributed by atoms with E-state index in [0.717, 1.165) is 17.2 Å². The van der Waals surface area contributed by atoms with Crippen LogP contribution in [0.3, 0.4) is 0 Å². The number of carbonyl (C=O) groups excluding carboxylic acids is 2. The summed E-state index contributed by atoms with van der Waals surface area (Å²) >= 11 is 0. The molecule has 0 unspecified atom stereocenters. The lowest BCUT2D eigenvalue weighted by Crippen LogP contribution is -2.18. The molecule has 24 heavy (non-hydrogen) atoms. The molecule has 120 valence electrons.